The highest BCUT2D eigenvalue weighted by molar-refractivity contribution is 6.81. The second-order valence-corrected chi connectivity index (χ2v) is 16.3. The molecule has 7 heteroatoms. The maximum absolute atomic E-state index is 6.22. The summed E-state index contributed by atoms with van der Waals surface area (Å²) in [6.45, 7) is 23.8. The van der Waals surface area contributed by atoms with Gasteiger partial charge in [0.2, 0.25) is 0 Å². The average molecular weight is 406 g/mol. The molecule has 0 aromatic rings. The molecule has 0 radical (unpaired) electrons. The van der Waals surface area contributed by atoms with E-state index in [9.17, 15) is 0 Å². The molecule has 2 saturated heterocycles. The second kappa shape index (κ2) is 7.73. The Morgan fingerprint density at radius 3 is 1.61 bits per heavy atom. The molecule has 2 fully saturated rings. The van der Waals surface area contributed by atoms with E-state index in [0.717, 1.165) is 12.7 Å². The first kappa shape index (κ1) is 23.9. The van der Waals surface area contributed by atoms with Crippen molar-refractivity contribution in [3.63, 3.8) is 0 Å². The fourth-order valence-electron chi connectivity index (χ4n) is 3.37. The minimum atomic E-state index is -1.36. The SMILES string of the molecule is CC1(C)OB(/C=C/C/C(=C/[Si](C)(C)C)CB2OC(C)(C)C(C)(C)O2)OC1(C)C. The van der Waals surface area contributed by atoms with E-state index >= 15 is 0 Å². The van der Waals surface area contributed by atoms with Gasteiger partial charge >= 0.3 is 14.2 Å². The summed E-state index contributed by atoms with van der Waals surface area (Å²) in [5.41, 5.74) is 2.64. The molecule has 4 nitrogen and oxygen atoms in total. The van der Waals surface area contributed by atoms with Gasteiger partial charge < -0.3 is 18.6 Å². The molecule has 0 aromatic carbocycles. The fourth-order valence-corrected chi connectivity index (χ4v) is 4.83. The molecule has 0 spiro atoms. The third-order valence-corrected chi connectivity index (χ3v) is 7.59. The molecular weight excluding hydrogens is 366 g/mol. The summed E-state index contributed by atoms with van der Waals surface area (Å²) in [5.74, 6) is 2.04. The molecule has 2 heterocycles. The Balaban J connectivity index is 2.05. The summed E-state index contributed by atoms with van der Waals surface area (Å²) in [6, 6.07) is 0. The van der Waals surface area contributed by atoms with Gasteiger partial charge in [0.15, 0.2) is 0 Å². The van der Waals surface area contributed by atoms with Crippen molar-refractivity contribution < 1.29 is 18.6 Å². The largest absolute Gasteiger partial charge is 0.486 e. The Kier molecular flexibility index (Phi) is 6.61. The van der Waals surface area contributed by atoms with Crippen molar-refractivity contribution in [3.05, 3.63) is 23.3 Å². The quantitative estimate of drug-likeness (QED) is 0.549. The zero-order valence-electron chi connectivity index (χ0n) is 19.9. The Hall–Kier alpha value is -0.333. The molecule has 0 amide bonds. The van der Waals surface area contributed by atoms with Crippen LogP contribution in [0.15, 0.2) is 23.3 Å². The topological polar surface area (TPSA) is 36.9 Å². The van der Waals surface area contributed by atoms with Crippen molar-refractivity contribution in [2.75, 3.05) is 0 Å². The lowest BCUT2D eigenvalue weighted by atomic mass is 9.79. The molecule has 0 atom stereocenters. The summed E-state index contributed by atoms with van der Waals surface area (Å²) in [6.07, 6.45) is 3.82. The summed E-state index contributed by atoms with van der Waals surface area (Å²) in [5, 5.41) is 0. The Bertz CT molecular complexity index is 601. The lowest BCUT2D eigenvalue weighted by Crippen LogP contribution is -2.41. The third-order valence-electron chi connectivity index (χ3n) is 6.31. The Labute approximate surface area is 174 Å². The first-order valence-electron chi connectivity index (χ1n) is 10.5. The van der Waals surface area contributed by atoms with Crippen molar-refractivity contribution in [2.45, 2.75) is 110 Å². The second-order valence-electron chi connectivity index (χ2n) is 11.3. The van der Waals surface area contributed by atoms with E-state index in [0.29, 0.717) is 0 Å². The van der Waals surface area contributed by atoms with Crippen LogP contribution in [0, 0.1) is 0 Å². The number of hydrogen-bond acceptors (Lipinski definition) is 4. The van der Waals surface area contributed by atoms with Gasteiger partial charge in [-0.15, -0.1) is 0 Å². The highest BCUT2D eigenvalue weighted by atomic mass is 28.3. The normalized spacial score (nSPS) is 26.5. The molecule has 0 saturated carbocycles. The number of rotatable bonds is 6. The Morgan fingerprint density at radius 1 is 0.750 bits per heavy atom. The van der Waals surface area contributed by atoms with E-state index in [2.05, 4.69) is 86.8 Å². The van der Waals surface area contributed by atoms with Crippen LogP contribution in [0.25, 0.3) is 0 Å². The van der Waals surface area contributed by atoms with Gasteiger partial charge in [0.1, 0.15) is 0 Å². The number of allylic oxidation sites excluding steroid dienone is 2. The zero-order chi connectivity index (χ0) is 21.6. The predicted octanol–water partition coefficient (Wildman–Crippen LogP) is 5.46. The first-order valence-corrected chi connectivity index (χ1v) is 14.1. The highest BCUT2D eigenvalue weighted by Gasteiger charge is 2.51. The minimum Gasteiger partial charge on any atom is -0.403 e. The summed E-state index contributed by atoms with van der Waals surface area (Å²) >= 11 is 0. The van der Waals surface area contributed by atoms with E-state index in [4.69, 9.17) is 18.6 Å². The van der Waals surface area contributed by atoms with E-state index in [1.807, 2.05) is 5.98 Å². The molecule has 28 heavy (non-hydrogen) atoms. The summed E-state index contributed by atoms with van der Waals surface area (Å²) < 4.78 is 24.6. The van der Waals surface area contributed by atoms with E-state index < -0.39 is 8.07 Å². The van der Waals surface area contributed by atoms with Crippen LogP contribution < -0.4 is 0 Å². The molecule has 0 aliphatic carbocycles. The minimum absolute atomic E-state index is 0.196. The first-order chi connectivity index (χ1) is 12.4. The lowest BCUT2D eigenvalue weighted by molar-refractivity contribution is 0.00578. The van der Waals surface area contributed by atoms with Gasteiger partial charge in [-0.3, -0.25) is 0 Å². The van der Waals surface area contributed by atoms with Crippen LogP contribution in [0.1, 0.15) is 61.8 Å². The fraction of sp³-hybridized carbons (Fsp3) is 0.810. The highest BCUT2D eigenvalue weighted by Crippen LogP contribution is 2.39. The molecule has 2 aliphatic rings. The average Bonchev–Trinajstić information content (AvgIpc) is 2.75. The van der Waals surface area contributed by atoms with Gasteiger partial charge in [-0.05, 0) is 61.8 Å². The van der Waals surface area contributed by atoms with Crippen molar-refractivity contribution in [3.8, 4) is 0 Å². The van der Waals surface area contributed by atoms with Crippen LogP contribution in [0.2, 0.25) is 26.0 Å². The molecule has 0 aromatic heterocycles. The van der Waals surface area contributed by atoms with Gasteiger partial charge in [-0.25, -0.2) is 0 Å². The standard InChI is InChI=1S/C21H40B2O4Si/c1-18(2)19(3,4)25-22(24-18)14-12-13-17(16-28(9,10)11)15-23-26-20(5,6)21(7,8)27-23/h12,14,16H,13,15H2,1-11H3/b14-12+,17-16-. The number of hydrogen-bond donors (Lipinski definition) is 0. The maximum atomic E-state index is 6.22. The van der Waals surface area contributed by atoms with Crippen molar-refractivity contribution >= 4 is 22.3 Å². The van der Waals surface area contributed by atoms with Gasteiger partial charge in [0, 0.05) is 6.32 Å². The van der Waals surface area contributed by atoms with Crippen LogP contribution in [-0.4, -0.2) is 44.7 Å². The summed E-state index contributed by atoms with van der Waals surface area (Å²) in [4.78, 5) is 0. The van der Waals surface area contributed by atoms with Crippen LogP contribution in [0.5, 0.6) is 0 Å². The molecule has 2 aliphatic heterocycles. The Morgan fingerprint density at radius 2 is 1.18 bits per heavy atom. The van der Waals surface area contributed by atoms with Crippen molar-refractivity contribution in [2.24, 2.45) is 0 Å². The maximum Gasteiger partial charge on any atom is 0.486 e. The van der Waals surface area contributed by atoms with E-state index in [-0.39, 0.29) is 36.6 Å². The predicted molar refractivity (Wildman–Crippen MR) is 122 cm³/mol. The molecule has 0 N–H and O–H groups in total. The van der Waals surface area contributed by atoms with E-state index in [1.54, 1.807) is 0 Å². The van der Waals surface area contributed by atoms with Crippen LogP contribution in [0.4, 0.5) is 0 Å². The van der Waals surface area contributed by atoms with Gasteiger partial charge in [-0.2, -0.15) is 0 Å². The molecule has 0 unspecified atom stereocenters. The van der Waals surface area contributed by atoms with Gasteiger partial charge in [0.05, 0.1) is 30.5 Å². The van der Waals surface area contributed by atoms with Gasteiger partial charge in [0.25, 0.3) is 0 Å². The molecule has 158 valence electrons. The molecular formula is C21H40B2O4Si. The van der Waals surface area contributed by atoms with E-state index in [1.165, 1.54) is 5.57 Å². The van der Waals surface area contributed by atoms with Crippen molar-refractivity contribution in [1.29, 1.82) is 0 Å². The van der Waals surface area contributed by atoms with Gasteiger partial charge in [-0.1, -0.05) is 43.0 Å². The molecule has 2 rings (SSSR count). The van der Waals surface area contributed by atoms with Crippen LogP contribution in [-0.2, 0) is 18.6 Å². The lowest BCUT2D eigenvalue weighted by Gasteiger charge is -2.32. The molecule has 0 bridgehead atoms. The smallest absolute Gasteiger partial charge is 0.403 e. The monoisotopic (exact) mass is 406 g/mol. The van der Waals surface area contributed by atoms with Crippen LogP contribution in [0.3, 0.4) is 0 Å². The van der Waals surface area contributed by atoms with Crippen LogP contribution >= 0.6 is 0 Å². The zero-order valence-corrected chi connectivity index (χ0v) is 20.9. The van der Waals surface area contributed by atoms with Crippen molar-refractivity contribution in [1.82, 2.24) is 0 Å². The summed E-state index contributed by atoms with van der Waals surface area (Å²) in [7, 11) is -1.85. The third kappa shape index (κ3) is 5.63.